The molecule has 13 heavy (non-hydrogen) atoms. The standard InChI is InChI=1S/C8H7N3O2/c1-5(12)10-6-2-3-7(11-9)8(13)4-6/h2-4H,1H3,(H-,10,12,13)/p+1. The average Bonchev–Trinajstić information content (AvgIpc) is 2.03. The summed E-state index contributed by atoms with van der Waals surface area (Å²) in [5.41, 5.74) is 0.520. The Bertz CT molecular complexity index is 381. The van der Waals surface area contributed by atoms with Crippen LogP contribution in [0.2, 0.25) is 0 Å². The van der Waals surface area contributed by atoms with Crippen molar-refractivity contribution in [3.8, 4) is 5.75 Å². The van der Waals surface area contributed by atoms with Crippen LogP contribution in [-0.2, 0) is 4.79 Å². The lowest BCUT2D eigenvalue weighted by Crippen LogP contribution is -2.05. The zero-order chi connectivity index (χ0) is 9.84. The summed E-state index contributed by atoms with van der Waals surface area (Å²) in [6.45, 7) is 1.36. The molecule has 0 aromatic heterocycles. The molecule has 0 spiro atoms. The Morgan fingerprint density at radius 3 is 2.77 bits per heavy atom. The first-order valence-corrected chi connectivity index (χ1v) is 3.59. The number of phenolic OH excluding ortho intramolecular Hbond substituents is 1. The van der Waals surface area contributed by atoms with Crippen LogP contribution in [0.3, 0.4) is 0 Å². The van der Waals surface area contributed by atoms with Gasteiger partial charge >= 0.3 is 5.69 Å². The highest BCUT2D eigenvalue weighted by Gasteiger charge is 2.12. The van der Waals surface area contributed by atoms with Crippen molar-refractivity contribution in [1.29, 1.82) is 5.39 Å². The molecular formula is C8H8N3O2+. The maximum Gasteiger partial charge on any atom is 0.426 e. The van der Waals surface area contributed by atoms with Crippen LogP contribution in [0.5, 0.6) is 5.75 Å². The largest absolute Gasteiger partial charge is 0.501 e. The Morgan fingerprint density at radius 1 is 1.62 bits per heavy atom. The summed E-state index contributed by atoms with van der Waals surface area (Å²) in [5.74, 6) is -0.415. The molecule has 0 saturated carbocycles. The molecule has 0 saturated heterocycles. The summed E-state index contributed by atoms with van der Waals surface area (Å²) in [6, 6.07) is 4.22. The van der Waals surface area contributed by atoms with E-state index in [-0.39, 0.29) is 17.3 Å². The van der Waals surface area contributed by atoms with E-state index in [0.29, 0.717) is 5.69 Å². The van der Waals surface area contributed by atoms with Crippen LogP contribution in [0.25, 0.3) is 4.98 Å². The number of anilines is 1. The van der Waals surface area contributed by atoms with Gasteiger partial charge in [-0.1, -0.05) is 0 Å². The molecule has 1 aromatic carbocycles. The Labute approximate surface area is 74.6 Å². The van der Waals surface area contributed by atoms with Gasteiger partial charge in [-0.3, -0.25) is 4.79 Å². The number of diazo groups is 1. The molecule has 0 radical (unpaired) electrons. The van der Waals surface area contributed by atoms with E-state index in [1.807, 2.05) is 0 Å². The van der Waals surface area contributed by atoms with Crippen LogP contribution in [0.1, 0.15) is 6.92 Å². The van der Waals surface area contributed by atoms with E-state index in [4.69, 9.17) is 5.39 Å². The zero-order valence-electron chi connectivity index (χ0n) is 6.98. The fourth-order valence-corrected chi connectivity index (χ4v) is 0.889. The number of hydrogen-bond donors (Lipinski definition) is 2. The first-order valence-electron chi connectivity index (χ1n) is 3.59. The van der Waals surface area contributed by atoms with Crippen LogP contribution < -0.4 is 5.32 Å². The lowest BCUT2D eigenvalue weighted by molar-refractivity contribution is -0.114. The van der Waals surface area contributed by atoms with Gasteiger partial charge in [0.05, 0.1) is 0 Å². The van der Waals surface area contributed by atoms with E-state index < -0.39 is 0 Å². The topological polar surface area (TPSA) is 77.5 Å². The molecule has 0 unspecified atom stereocenters. The zero-order valence-corrected chi connectivity index (χ0v) is 6.98. The van der Waals surface area contributed by atoms with Gasteiger partial charge in [-0.05, 0) is 6.07 Å². The molecule has 0 aliphatic carbocycles. The third-order valence-electron chi connectivity index (χ3n) is 1.40. The molecule has 66 valence electrons. The third-order valence-corrected chi connectivity index (χ3v) is 1.40. The Hall–Kier alpha value is -2.09. The van der Waals surface area contributed by atoms with E-state index in [0.717, 1.165) is 0 Å². The number of benzene rings is 1. The van der Waals surface area contributed by atoms with Crippen LogP contribution in [0.4, 0.5) is 11.4 Å². The second-order valence-electron chi connectivity index (χ2n) is 2.48. The molecule has 1 amide bonds. The van der Waals surface area contributed by atoms with E-state index in [1.165, 1.54) is 25.1 Å². The number of phenols is 1. The van der Waals surface area contributed by atoms with Crippen LogP contribution >= 0.6 is 0 Å². The second kappa shape index (κ2) is 3.54. The highest BCUT2D eigenvalue weighted by molar-refractivity contribution is 5.89. The molecule has 0 bridgehead atoms. The average molecular weight is 178 g/mol. The first-order chi connectivity index (χ1) is 6.13. The highest BCUT2D eigenvalue weighted by Crippen LogP contribution is 2.28. The summed E-state index contributed by atoms with van der Waals surface area (Å²) in [5, 5.41) is 20.0. The molecule has 0 aliphatic heterocycles. The minimum absolute atomic E-state index is 0.0640. The fourth-order valence-electron chi connectivity index (χ4n) is 0.889. The number of hydrogen-bond acceptors (Lipinski definition) is 3. The lowest BCUT2D eigenvalue weighted by Gasteiger charge is -1.99. The molecule has 1 aromatic rings. The first kappa shape index (κ1) is 9.00. The van der Waals surface area contributed by atoms with Crippen molar-refractivity contribution < 1.29 is 9.90 Å². The maximum atomic E-state index is 10.6. The number of amides is 1. The van der Waals surface area contributed by atoms with Crippen LogP contribution in [0, 0.1) is 5.39 Å². The molecular weight excluding hydrogens is 170 g/mol. The molecule has 0 fully saturated rings. The van der Waals surface area contributed by atoms with Crippen molar-refractivity contribution in [3.63, 3.8) is 0 Å². The number of nitrogens with one attached hydrogen (secondary N) is 1. The molecule has 5 nitrogen and oxygen atoms in total. The van der Waals surface area contributed by atoms with Gasteiger partial charge in [-0.15, -0.1) is 0 Å². The number of aromatic hydroxyl groups is 1. The molecule has 2 N–H and O–H groups in total. The number of carbonyl (C=O) groups excluding carboxylic acids is 1. The van der Waals surface area contributed by atoms with Crippen molar-refractivity contribution in [2.24, 2.45) is 0 Å². The van der Waals surface area contributed by atoms with E-state index in [2.05, 4.69) is 10.3 Å². The van der Waals surface area contributed by atoms with Crippen molar-refractivity contribution in [2.75, 3.05) is 5.32 Å². The maximum absolute atomic E-state index is 10.6. The number of rotatable bonds is 1. The number of carbonyl (C=O) groups is 1. The Kier molecular flexibility index (Phi) is 2.45. The van der Waals surface area contributed by atoms with Crippen molar-refractivity contribution >= 4 is 17.3 Å². The van der Waals surface area contributed by atoms with Gasteiger partial charge in [0.1, 0.15) is 0 Å². The highest BCUT2D eigenvalue weighted by atomic mass is 16.3. The van der Waals surface area contributed by atoms with Crippen LogP contribution in [-0.4, -0.2) is 11.0 Å². The Morgan fingerprint density at radius 2 is 2.31 bits per heavy atom. The van der Waals surface area contributed by atoms with Gasteiger partial charge in [0.15, 0.2) is 4.98 Å². The molecule has 0 atom stereocenters. The van der Waals surface area contributed by atoms with Gasteiger partial charge in [0.2, 0.25) is 17.0 Å². The van der Waals surface area contributed by atoms with Gasteiger partial charge < -0.3 is 10.4 Å². The van der Waals surface area contributed by atoms with Crippen molar-refractivity contribution in [1.82, 2.24) is 0 Å². The monoisotopic (exact) mass is 178 g/mol. The fraction of sp³-hybridized carbons (Fsp3) is 0.125. The SMILES string of the molecule is CC(=O)Nc1ccc([N+]#N)c(O)c1. The van der Waals surface area contributed by atoms with Crippen molar-refractivity contribution in [2.45, 2.75) is 6.92 Å². The molecule has 0 aliphatic rings. The predicted octanol–water partition coefficient (Wildman–Crippen LogP) is 1.84. The van der Waals surface area contributed by atoms with Crippen LogP contribution in [0.15, 0.2) is 18.2 Å². The summed E-state index contributed by atoms with van der Waals surface area (Å²) >= 11 is 0. The van der Waals surface area contributed by atoms with Gasteiger partial charge in [-0.2, -0.15) is 0 Å². The van der Waals surface area contributed by atoms with E-state index >= 15 is 0 Å². The summed E-state index contributed by atoms with van der Waals surface area (Å²) in [7, 11) is 0. The number of nitrogens with zero attached hydrogens (tertiary/aromatic N) is 2. The van der Waals surface area contributed by atoms with Gasteiger partial charge in [0, 0.05) is 24.7 Å². The quantitative estimate of drug-likeness (QED) is 0.644. The van der Waals surface area contributed by atoms with Gasteiger partial charge in [0.25, 0.3) is 0 Å². The molecule has 5 heteroatoms. The van der Waals surface area contributed by atoms with Crippen molar-refractivity contribution in [3.05, 3.63) is 23.2 Å². The molecule has 0 heterocycles. The van der Waals surface area contributed by atoms with Gasteiger partial charge in [-0.25, -0.2) is 0 Å². The predicted molar refractivity (Wildman–Crippen MR) is 47.2 cm³/mol. The Balaban J connectivity index is 2.97. The van der Waals surface area contributed by atoms with E-state index in [9.17, 15) is 9.90 Å². The minimum atomic E-state index is -0.229. The lowest BCUT2D eigenvalue weighted by atomic mass is 10.2. The second-order valence-corrected chi connectivity index (χ2v) is 2.48. The summed E-state index contributed by atoms with van der Waals surface area (Å²) < 4.78 is 0. The summed E-state index contributed by atoms with van der Waals surface area (Å²) in [6.07, 6.45) is 0. The minimum Gasteiger partial charge on any atom is -0.501 e. The molecule has 1 rings (SSSR count). The van der Waals surface area contributed by atoms with E-state index in [1.54, 1.807) is 0 Å². The smallest absolute Gasteiger partial charge is 0.426 e. The summed E-state index contributed by atoms with van der Waals surface area (Å²) in [4.78, 5) is 13.4. The normalized spacial score (nSPS) is 8.92. The third kappa shape index (κ3) is 2.17.